The Morgan fingerprint density at radius 3 is 2.80 bits per heavy atom. The molecule has 2 N–H and O–H groups in total. The van der Waals surface area contributed by atoms with E-state index in [9.17, 15) is 4.79 Å². The topological polar surface area (TPSA) is 44.9 Å². The number of carbonyl (C=O) groups is 1. The number of fused-ring (bicyclic) bond motifs is 1. The van der Waals surface area contributed by atoms with Gasteiger partial charge in [-0.15, -0.1) is 0 Å². The molecule has 100 valence electrons. The van der Waals surface area contributed by atoms with Gasteiger partial charge in [0.25, 0.3) is 5.91 Å². The number of anilines is 1. The van der Waals surface area contributed by atoms with Crippen LogP contribution in [0.3, 0.4) is 0 Å². The molecule has 0 aliphatic carbocycles. The van der Waals surface area contributed by atoms with Crippen molar-refractivity contribution in [2.45, 2.75) is 6.92 Å². The molecule has 4 heteroatoms. The van der Waals surface area contributed by atoms with Crippen molar-refractivity contribution in [2.75, 3.05) is 5.32 Å². The van der Waals surface area contributed by atoms with Gasteiger partial charge in [-0.1, -0.05) is 22.0 Å². The van der Waals surface area contributed by atoms with E-state index in [1.54, 1.807) is 0 Å². The minimum absolute atomic E-state index is 0.0964. The van der Waals surface area contributed by atoms with Crippen LogP contribution in [0.1, 0.15) is 15.9 Å². The minimum atomic E-state index is -0.0964. The number of hydrogen-bond donors (Lipinski definition) is 2. The average molecular weight is 329 g/mol. The molecule has 1 heterocycles. The Morgan fingerprint density at radius 1 is 1.15 bits per heavy atom. The van der Waals surface area contributed by atoms with Crippen LogP contribution < -0.4 is 5.32 Å². The molecule has 20 heavy (non-hydrogen) atoms. The van der Waals surface area contributed by atoms with Crippen molar-refractivity contribution in [1.82, 2.24) is 4.98 Å². The molecule has 3 aromatic rings. The number of aryl methyl sites for hydroxylation is 1. The number of H-pyrrole nitrogens is 1. The maximum atomic E-state index is 12.3. The number of halogens is 1. The lowest BCUT2D eigenvalue weighted by Gasteiger charge is -2.08. The zero-order valence-corrected chi connectivity index (χ0v) is 12.5. The van der Waals surface area contributed by atoms with Gasteiger partial charge in [-0.25, -0.2) is 0 Å². The molecular weight excluding hydrogens is 316 g/mol. The first-order valence-corrected chi connectivity index (χ1v) is 7.07. The van der Waals surface area contributed by atoms with Crippen molar-refractivity contribution in [2.24, 2.45) is 0 Å². The number of carbonyl (C=O) groups excluding carboxylic acids is 1. The third-order valence-electron chi connectivity index (χ3n) is 3.25. The number of hydrogen-bond acceptors (Lipinski definition) is 1. The highest BCUT2D eigenvalue weighted by Crippen LogP contribution is 2.20. The van der Waals surface area contributed by atoms with Gasteiger partial charge in [-0.05, 0) is 54.3 Å². The van der Waals surface area contributed by atoms with Crippen molar-refractivity contribution in [3.8, 4) is 0 Å². The second kappa shape index (κ2) is 5.13. The van der Waals surface area contributed by atoms with E-state index in [1.165, 1.54) is 0 Å². The van der Waals surface area contributed by atoms with E-state index in [1.807, 2.05) is 55.6 Å². The molecule has 0 spiro atoms. The van der Waals surface area contributed by atoms with Crippen LogP contribution in [0.25, 0.3) is 10.9 Å². The van der Waals surface area contributed by atoms with Crippen LogP contribution in [0.2, 0.25) is 0 Å². The van der Waals surface area contributed by atoms with E-state index in [0.29, 0.717) is 5.56 Å². The van der Waals surface area contributed by atoms with Gasteiger partial charge in [0.15, 0.2) is 0 Å². The summed E-state index contributed by atoms with van der Waals surface area (Å²) in [5, 5.41) is 4.05. The Morgan fingerprint density at radius 2 is 2.00 bits per heavy atom. The van der Waals surface area contributed by atoms with Crippen LogP contribution in [0.5, 0.6) is 0 Å². The Balaban J connectivity index is 1.87. The summed E-state index contributed by atoms with van der Waals surface area (Å²) in [6.45, 7) is 1.92. The SMILES string of the molecule is Cc1cc(Br)ccc1C(=O)Nc1ccc2cc[nH]c2c1. The summed E-state index contributed by atoms with van der Waals surface area (Å²) in [7, 11) is 0. The first kappa shape index (κ1) is 12.9. The molecule has 1 amide bonds. The smallest absolute Gasteiger partial charge is 0.255 e. The van der Waals surface area contributed by atoms with Crippen LogP contribution in [0.4, 0.5) is 5.69 Å². The Kier molecular flexibility index (Phi) is 3.32. The molecule has 0 saturated heterocycles. The predicted molar refractivity (Wildman–Crippen MR) is 85.1 cm³/mol. The van der Waals surface area contributed by atoms with E-state index in [0.717, 1.165) is 26.6 Å². The lowest BCUT2D eigenvalue weighted by atomic mass is 10.1. The second-order valence-corrected chi connectivity index (χ2v) is 5.61. The molecule has 0 aliphatic heterocycles. The van der Waals surface area contributed by atoms with Crippen molar-refractivity contribution in [3.05, 3.63) is 64.3 Å². The van der Waals surface area contributed by atoms with E-state index in [4.69, 9.17) is 0 Å². The monoisotopic (exact) mass is 328 g/mol. The maximum absolute atomic E-state index is 12.3. The summed E-state index contributed by atoms with van der Waals surface area (Å²) in [6.07, 6.45) is 1.88. The number of nitrogens with one attached hydrogen (secondary N) is 2. The summed E-state index contributed by atoms with van der Waals surface area (Å²) in [5.74, 6) is -0.0964. The first-order valence-electron chi connectivity index (χ1n) is 6.28. The maximum Gasteiger partial charge on any atom is 0.255 e. The summed E-state index contributed by atoms with van der Waals surface area (Å²) in [4.78, 5) is 15.4. The zero-order chi connectivity index (χ0) is 14.1. The van der Waals surface area contributed by atoms with Gasteiger partial charge in [0.2, 0.25) is 0 Å². The quantitative estimate of drug-likeness (QED) is 0.715. The predicted octanol–water partition coefficient (Wildman–Crippen LogP) is 4.49. The zero-order valence-electron chi connectivity index (χ0n) is 10.9. The van der Waals surface area contributed by atoms with Crippen LogP contribution in [-0.4, -0.2) is 10.9 Å². The fourth-order valence-electron chi connectivity index (χ4n) is 2.21. The molecular formula is C16H13BrN2O. The number of amides is 1. The molecule has 1 aromatic heterocycles. The summed E-state index contributed by atoms with van der Waals surface area (Å²) in [6, 6.07) is 13.4. The Hall–Kier alpha value is -2.07. The normalized spacial score (nSPS) is 10.7. The lowest BCUT2D eigenvalue weighted by Crippen LogP contribution is -2.13. The second-order valence-electron chi connectivity index (χ2n) is 4.69. The van der Waals surface area contributed by atoms with E-state index in [2.05, 4.69) is 26.2 Å². The van der Waals surface area contributed by atoms with Crippen molar-refractivity contribution >= 4 is 38.4 Å². The third-order valence-corrected chi connectivity index (χ3v) is 3.74. The van der Waals surface area contributed by atoms with Crippen molar-refractivity contribution in [3.63, 3.8) is 0 Å². The fourth-order valence-corrected chi connectivity index (χ4v) is 2.68. The number of benzene rings is 2. The highest BCUT2D eigenvalue weighted by atomic mass is 79.9. The lowest BCUT2D eigenvalue weighted by molar-refractivity contribution is 0.102. The first-order chi connectivity index (χ1) is 9.63. The van der Waals surface area contributed by atoms with Gasteiger partial charge >= 0.3 is 0 Å². The number of rotatable bonds is 2. The van der Waals surface area contributed by atoms with Gasteiger partial charge < -0.3 is 10.3 Å². The van der Waals surface area contributed by atoms with Crippen LogP contribution in [0, 0.1) is 6.92 Å². The summed E-state index contributed by atoms with van der Waals surface area (Å²) >= 11 is 3.40. The molecule has 0 aliphatic rings. The summed E-state index contributed by atoms with van der Waals surface area (Å²) in [5.41, 5.74) is 3.42. The molecule has 3 rings (SSSR count). The van der Waals surface area contributed by atoms with Gasteiger partial charge in [-0.3, -0.25) is 4.79 Å². The van der Waals surface area contributed by atoms with Crippen LogP contribution in [0.15, 0.2) is 53.1 Å². The highest BCUT2D eigenvalue weighted by Gasteiger charge is 2.09. The van der Waals surface area contributed by atoms with E-state index < -0.39 is 0 Å². The minimum Gasteiger partial charge on any atom is -0.361 e. The molecule has 0 atom stereocenters. The van der Waals surface area contributed by atoms with Gasteiger partial charge in [0.05, 0.1) is 0 Å². The van der Waals surface area contributed by atoms with Gasteiger partial charge in [0.1, 0.15) is 0 Å². The highest BCUT2D eigenvalue weighted by molar-refractivity contribution is 9.10. The number of aromatic nitrogens is 1. The molecule has 0 radical (unpaired) electrons. The van der Waals surface area contributed by atoms with Crippen LogP contribution in [-0.2, 0) is 0 Å². The molecule has 0 bridgehead atoms. The molecule has 3 nitrogen and oxygen atoms in total. The third kappa shape index (κ3) is 2.47. The molecule has 0 unspecified atom stereocenters. The summed E-state index contributed by atoms with van der Waals surface area (Å²) < 4.78 is 0.972. The standard InChI is InChI=1S/C16H13BrN2O/c1-10-8-12(17)3-5-14(10)16(20)19-13-4-2-11-6-7-18-15(11)9-13/h2-9,18H,1H3,(H,19,20). The van der Waals surface area contributed by atoms with E-state index >= 15 is 0 Å². The van der Waals surface area contributed by atoms with Gasteiger partial charge in [0, 0.05) is 27.4 Å². The molecule has 0 fully saturated rings. The van der Waals surface area contributed by atoms with Crippen molar-refractivity contribution < 1.29 is 4.79 Å². The van der Waals surface area contributed by atoms with Crippen LogP contribution >= 0.6 is 15.9 Å². The largest absolute Gasteiger partial charge is 0.361 e. The van der Waals surface area contributed by atoms with Crippen molar-refractivity contribution in [1.29, 1.82) is 0 Å². The van der Waals surface area contributed by atoms with Gasteiger partial charge in [-0.2, -0.15) is 0 Å². The fraction of sp³-hybridized carbons (Fsp3) is 0.0625. The molecule has 2 aromatic carbocycles. The Labute approximate surface area is 125 Å². The average Bonchev–Trinajstić information content (AvgIpc) is 2.85. The Bertz CT molecular complexity index is 792. The molecule has 0 saturated carbocycles. The van der Waals surface area contributed by atoms with E-state index in [-0.39, 0.29) is 5.91 Å². The number of aromatic amines is 1.